The molecule has 0 aliphatic carbocycles. The SMILES string of the molecule is Cl.O=C(CCCS(=O)(=O)c1ccc(Br)cc1)NC1CCNCC1. The summed E-state index contributed by atoms with van der Waals surface area (Å²) in [5.74, 6) is -0.0632. The Balaban J connectivity index is 0.00000264. The van der Waals surface area contributed by atoms with Gasteiger partial charge in [0.25, 0.3) is 0 Å². The van der Waals surface area contributed by atoms with Crippen molar-refractivity contribution < 1.29 is 13.2 Å². The van der Waals surface area contributed by atoms with Crippen LogP contribution >= 0.6 is 28.3 Å². The Morgan fingerprint density at radius 2 is 1.83 bits per heavy atom. The number of carbonyl (C=O) groups is 1. The second kappa shape index (κ2) is 9.61. The lowest BCUT2D eigenvalue weighted by atomic mass is 10.1. The first-order chi connectivity index (χ1) is 10.5. The number of hydrogen-bond acceptors (Lipinski definition) is 4. The van der Waals surface area contributed by atoms with Crippen molar-refractivity contribution in [2.24, 2.45) is 0 Å². The first kappa shape index (κ1) is 20.4. The van der Waals surface area contributed by atoms with Crippen molar-refractivity contribution in [3.05, 3.63) is 28.7 Å². The molecule has 1 amide bonds. The average Bonchev–Trinajstić information content (AvgIpc) is 2.48. The summed E-state index contributed by atoms with van der Waals surface area (Å²) >= 11 is 3.28. The number of rotatable bonds is 6. The van der Waals surface area contributed by atoms with Gasteiger partial charge in [0.1, 0.15) is 0 Å². The maximum absolute atomic E-state index is 12.2. The number of amides is 1. The fraction of sp³-hybridized carbons (Fsp3) is 0.533. The van der Waals surface area contributed by atoms with E-state index in [1.54, 1.807) is 24.3 Å². The maximum atomic E-state index is 12.2. The van der Waals surface area contributed by atoms with Crippen LogP contribution in [0.15, 0.2) is 33.6 Å². The molecular formula is C15H22BrClN2O3S. The topological polar surface area (TPSA) is 75.3 Å². The summed E-state index contributed by atoms with van der Waals surface area (Å²) < 4.78 is 25.2. The molecule has 0 spiro atoms. The van der Waals surface area contributed by atoms with E-state index in [4.69, 9.17) is 0 Å². The van der Waals surface area contributed by atoms with E-state index in [1.165, 1.54) is 0 Å². The molecular weight excluding hydrogens is 404 g/mol. The number of benzene rings is 1. The molecule has 130 valence electrons. The van der Waals surface area contributed by atoms with E-state index >= 15 is 0 Å². The third-order valence-corrected chi connectivity index (χ3v) is 6.04. The molecule has 8 heteroatoms. The second-order valence-corrected chi connectivity index (χ2v) is 8.49. The molecule has 0 saturated carbocycles. The third-order valence-electron chi connectivity index (χ3n) is 3.69. The minimum atomic E-state index is -3.32. The van der Waals surface area contributed by atoms with E-state index in [-0.39, 0.29) is 36.5 Å². The van der Waals surface area contributed by atoms with Gasteiger partial charge in [-0.2, -0.15) is 0 Å². The van der Waals surface area contributed by atoms with Gasteiger partial charge in [0.15, 0.2) is 9.84 Å². The number of halogens is 2. The smallest absolute Gasteiger partial charge is 0.220 e. The molecule has 1 aromatic carbocycles. The molecule has 0 atom stereocenters. The zero-order valence-corrected chi connectivity index (χ0v) is 16.0. The molecule has 1 aliphatic rings. The summed E-state index contributed by atoms with van der Waals surface area (Å²) in [4.78, 5) is 12.1. The summed E-state index contributed by atoms with van der Waals surface area (Å²) in [5.41, 5.74) is 0. The van der Waals surface area contributed by atoms with E-state index in [2.05, 4.69) is 26.6 Å². The van der Waals surface area contributed by atoms with Crippen LogP contribution in [0.5, 0.6) is 0 Å². The van der Waals surface area contributed by atoms with Gasteiger partial charge in [-0.25, -0.2) is 8.42 Å². The number of carbonyl (C=O) groups excluding carboxylic acids is 1. The van der Waals surface area contributed by atoms with Crippen LogP contribution in [0.2, 0.25) is 0 Å². The van der Waals surface area contributed by atoms with E-state index in [0.29, 0.717) is 11.3 Å². The second-order valence-electron chi connectivity index (χ2n) is 5.47. The normalized spacial score (nSPS) is 15.7. The third kappa shape index (κ3) is 6.79. The van der Waals surface area contributed by atoms with Crippen LogP contribution in [0, 0.1) is 0 Å². The highest BCUT2D eigenvalue weighted by Crippen LogP contribution is 2.17. The first-order valence-corrected chi connectivity index (χ1v) is 9.90. The highest BCUT2D eigenvalue weighted by Gasteiger charge is 2.17. The lowest BCUT2D eigenvalue weighted by molar-refractivity contribution is -0.121. The molecule has 2 rings (SSSR count). The molecule has 5 nitrogen and oxygen atoms in total. The molecule has 0 bridgehead atoms. The highest BCUT2D eigenvalue weighted by atomic mass is 79.9. The van der Waals surface area contributed by atoms with Gasteiger partial charge in [-0.05, 0) is 56.6 Å². The highest BCUT2D eigenvalue weighted by molar-refractivity contribution is 9.10. The Morgan fingerprint density at radius 3 is 2.43 bits per heavy atom. The summed E-state index contributed by atoms with van der Waals surface area (Å²) in [6, 6.07) is 6.79. The molecule has 1 fully saturated rings. The minimum absolute atomic E-state index is 0. The largest absolute Gasteiger partial charge is 0.353 e. The molecule has 1 heterocycles. The molecule has 1 saturated heterocycles. The Hall–Kier alpha value is -0.630. The Bertz CT molecular complexity index is 602. The van der Waals surface area contributed by atoms with Gasteiger partial charge in [0.05, 0.1) is 10.6 Å². The van der Waals surface area contributed by atoms with Crippen molar-refractivity contribution in [3.8, 4) is 0 Å². The Kier molecular flexibility index (Phi) is 8.53. The molecule has 0 radical (unpaired) electrons. The number of piperidine rings is 1. The summed E-state index contributed by atoms with van der Waals surface area (Å²) in [6.07, 6.45) is 2.46. The number of nitrogens with one attached hydrogen (secondary N) is 2. The summed E-state index contributed by atoms with van der Waals surface area (Å²) in [7, 11) is -3.32. The van der Waals surface area contributed by atoms with Crippen LogP contribution < -0.4 is 10.6 Å². The van der Waals surface area contributed by atoms with Gasteiger partial charge in [-0.15, -0.1) is 12.4 Å². The maximum Gasteiger partial charge on any atom is 0.220 e. The Labute approximate surface area is 152 Å². The monoisotopic (exact) mass is 424 g/mol. The van der Waals surface area contributed by atoms with Crippen molar-refractivity contribution in [1.29, 1.82) is 0 Å². The van der Waals surface area contributed by atoms with Crippen molar-refractivity contribution in [3.63, 3.8) is 0 Å². The van der Waals surface area contributed by atoms with E-state index in [1.807, 2.05) is 0 Å². The van der Waals surface area contributed by atoms with Gasteiger partial charge >= 0.3 is 0 Å². The van der Waals surface area contributed by atoms with Crippen LogP contribution in [0.4, 0.5) is 0 Å². The average molecular weight is 426 g/mol. The molecule has 2 N–H and O–H groups in total. The number of hydrogen-bond donors (Lipinski definition) is 2. The van der Waals surface area contributed by atoms with Crippen molar-refractivity contribution in [1.82, 2.24) is 10.6 Å². The van der Waals surface area contributed by atoms with Gasteiger partial charge < -0.3 is 10.6 Å². The zero-order valence-electron chi connectivity index (χ0n) is 12.8. The van der Waals surface area contributed by atoms with Crippen LogP contribution in [0.1, 0.15) is 25.7 Å². The van der Waals surface area contributed by atoms with E-state index in [9.17, 15) is 13.2 Å². The quantitative estimate of drug-likeness (QED) is 0.733. The van der Waals surface area contributed by atoms with Crippen LogP contribution in [-0.2, 0) is 14.6 Å². The molecule has 1 aromatic rings. The standard InChI is InChI=1S/C15H21BrN2O3S.ClH/c16-12-3-5-14(6-4-12)22(20,21)11-1-2-15(19)18-13-7-9-17-10-8-13;/h3-6,13,17H,1-2,7-11H2,(H,18,19);1H. The van der Waals surface area contributed by atoms with Crippen LogP contribution in [-0.4, -0.2) is 39.2 Å². The lowest BCUT2D eigenvalue weighted by Gasteiger charge is -2.23. The Morgan fingerprint density at radius 1 is 1.22 bits per heavy atom. The molecule has 23 heavy (non-hydrogen) atoms. The predicted molar refractivity (Wildman–Crippen MR) is 96.7 cm³/mol. The fourth-order valence-electron chi connectivity index (χ4n) is 2.45. The zero-order chi connectivity index (χ0) is 16.0. The molecule has 0 unspecified atom stereocenters. The lowest BCUT2D eigenvalue weighted by Crippen LogP contribution is -2.42. The summed E-state index contributed by atoms with van der Waals surface area (Å²) in [5, 5.41) is 6.21. The van der Waals surface area contributed by atoms with Crippen LogP contribution in [0.25, 0.3) is 0 Å². The van der Waals surface area contributed by atoms with Crippen molar-refractivity contribution >= 4 is 44.1 Å². The van der Waals surface area contributed by atoms with Gasteiger partial charge in [-0.3, -0.25) is 4.79 Å². The van der Waals surface area contributed by atoms with Crippen molar-refractivity contribution in [2.75, 3.05) is 18.8 Å². The van der Waals surface area contributed by atoms with Gasteiger partial charge in [0.2, 0.25) is 5.91 Å². The van der Waals surface area contributed by atoms with Gasteiger partial charge in [-0.1, -0.05) is 15.9 Å². The number of sulfone groups is 1. The minimum Gasteiger partial charge on any atom is -0.353 e. The van der Waals surface area contributed by atoms with E-state index in [0.717, 1.165) is 30.4 Å². The van der Waals surface area contributed by atoms with Crippen LogP contribution in [0.3, 0.4) is 0 Å². The first-order valence-electron chi connectivity index (χ1n) is 7.46. The molecule has 1 aliphatic heterocycles. The van der Waals surface area contributed by atoms with Crippen molar-refractivity contribution in [2.45, 2.75) is 36.6 Å². The van der Waals surface area contributed by atoms with Gasteiger partial charge in [0, 0.05) is 16.9 Å². The fourth-order valence-corrected chi connectivity index (χ4v) is 4.02. The van der Waals surface area contributed by atoms with E-state index < -0.39 is 9.84 Å². The summed E-state index contributed by atoms with van der Waals surface area (Å²) in [6.45, 7) is 1.84. The predicted octanol–water partition coefficient (Wildman–Crippen LogP) is 2.29. The molecule has 0 aromatic heterocycles.